The van der Waals surface area contributed by atoms with Crippen LogP contribution in [0.4, 0.5) is 0 Å². The lowest BCUT2D eigenvalue weighted by molar-refractivity contribution is 0.678. The van der Waals surface area contributed by atoms with Crippen LogP contribution in [0.5, 0.6) is 0 Å². The third-order valence-electron chi connectivity index (χ3n) is 1.87. The van der Waals surface area contributed by atoms with Gasteiger partial charge in [0.25, 0.3) is 0 Å². The molecule has 0 aliphatic carbocycles. The van der Waals surface area contributed by atoms with E-state index in [1.54, 1.807) is 12.4 Å². The molecule has 6 nitrogen and oxygen atoms in total. The van der Waals surface area contributed by atoms with E-state index < -0.39 is 0 Å². The van der Waals surface area contributed by atoms with Gasteiger partial charge in [-0.1, -0.05) is 0 Å². The second-order valence-corrected chi connectivity index (χ2v) is 3.55. The van der Waals surface area contributed by atoms with Crippen LogP contribution in [0.15, 0.2) is 12.4 Å². The molecule has 1 rings (SSSR count). The number of hydrogen-bond acceptors (Lipinski definition) is 6. The van der Waals surface area contributed by atoms with E-state index in [9.17, 15) is 0 Å². The molecule has 1 heterocycles. The van der Waals surface area contributed by atoms with Gasteiger partial charge in [-0.2, -0.15) is 0 Å². The quantitative estimate of drug-likeness (QED) is 0.480. The van der Waals surface area contributed by atoms with Gasteiger partial charge in [0.05, 0.1) is 11.4 Å². The van der Waals surface area contributed by atoms with Crippen LogP contribution >= 0.6 is 0 Å². The third-order valence-corrected chi connectivity index (χ3v) is 1.87. The molecule has 0 atom stereocenters. The van der Waals surface area contributed by atoms with Gasteiger partial charge in [0.15, 0.2) is 0 Å². The molecule has 0 amide bonds. The standard InChI is InChI=1S/C8H14N4.C3H10N2/c1-7-4-12-8(6-11-7)5-10-3-2-9;4-2-1-3-5/h4,6,10H,2-3,5,9H2,1H3;1-5H2. The van der Waals surface area contributed by atoms with Gasteiger partial charge in [-0.15, -0.1) is 0 Å². The summed E-state index contributed by atoms with van der Waals surface area (Å²) in [6.07, 6.45) is 4.48. The largest absolute Gasteiger partial charge is 0.330 e. The van der Waals surface area contributed by atoms with Crippen molar-refractivity contribution in [1.82, 2.24) is 15.3 Å². The number of nitrogens with zero attached hydrogens (tertiary/aromatic N) is 2. The molecule has 0 fully saturated rings. The Morgan fingerprint density at radius 2 is 1.76 bits per heavy atom. The highest BCUT2D eigenvalue weighted by Crippen LogP contribution is 1.92. The number of hydrogen-bond donors (Lipinski definition) is 4. The van der Waals surface area contributed by atoms with E-state index in [0.29, 0.717) is 6.54 Å². The number of nitrogens with two attached hydrogens (primary N) is 3. The molecule has 0 aliphatic rings. The average Bonchev–Trinajstić information content (AvgIpc) is 2.34. The molecule has 1 aromatic heterocycles. The van der Waals surface area contributed by atoms with E-state index in [0.717, 1.165) is 44.0 Å². The minimum absolute atomic E-state index is 0.652. The van der Waals surface area contributed by atoms with Gasteiger partial charge in [0.2, 0.25) is 0 Å². The lowest BCUT2D eigenvalue weighted by Crippen LogP contribution is -2.22. The Balaban J connectivity index is 0.000000437. The van der Waals surface area contributed by atoms with Crippen LogP contribution in [0.3, 0.4) is 0 Å². The molecule has 17 heavy (non-hydrogen) atoms. The third kappa shape index (κ3) is 9.83. The van der Waals surface area contributed by atoms with Gasteiger partial charge in [0.1, 0.15) is 0 Å². The summed E-state index contributed by atoms with van der Waals surface area (Å²) in [5.74, 6) is 0. The van der Waals surface area contributed by atoms with E-state index in [1.165, 1.54) is 0 Å². The van der Waals surface area contributed by atoms with Gasteiger partial charge >= 0.3 is 0 Å². The highest BCUT2D eigenvalue weighted by molar-refractivity contribution is 4.99. The molecule has 0 aliphatic heterocycles. The minimum atomic E-state index is 0.652. The van der Waals surface area contributed by atoms with Gasteiger partial charge in [-0.25, -0.2) is 0 Å². The van der Waals surface area contributed by atoms with Crippen molar-refractivity contribution in [3.8, 4) is 0 Å². The first-order valence-corrected chi connectivity index (χ1v) is 5.83. The number of rotatable bonds is 6. The smallest absolute Gasteiger partial charge is 0.0724 e. The van der Waals surface area contributed by atoms with Crippen molar-refractivity contribution >= 4 is 0 Å². The Hall–Kier alpha value is -1.08. The Morgan fingerprint density at radius 1 is 1.06 bits per heavy atom. The summed E-state index contributed by atoms with van der Waals surface area (Å²) in [5.41, 5.74) is 17.3. The monoisotopic (exact) mass is 240 g/mol. The highest BCUT2D eigenvalue weighted by atomic mass is 14.9. The SMILES string of the molecule is Cc1cnc(CNCCN)cn1.NCCCN. The second kappa shape index (κ2) is 11.4. The molecule has 98 valence electrons. The van der Waals surface area contributed by atoms with Crippen molar-refractivity contribution < 1.29 is 0 Å². The lowest BCUT2D eigenvalue weighted by Gasteiger charge is -2.01. The zero-order valence-electron chi connectivity index (χ0n) is 10.5. The van der Waals surface area contributed by atoms with Gasteiger partial charge in [0, 0.05) is 32.0 Å². The predicted octanol–water partition coefficient (Wildman–Crippen LogP) is -0.873. The van der Waals surface area contributed by atoms with E-state index in [-0.39, 0.29) is 0 Å². The second-order valence-electron chi connectivity index (χ2n) is 3.55. The van der Waals surface area contributed by atoms with Crippen molar-refractivity contribution in [3.63, 3.8) is 0 Å². The zero-order valence-corrected chi connectivity index (χ0v) is 10.5. The Labute approximate surface area is 103 Å². The first-order chi connectivity index (χ1) is 8.24. The first kappa shape index (κ1) is 15.9. The van der Waals surface area contributed by atoms with Crippen LogP contribution in [0.1, 0.15) is 17.8 Å². The fourth-order valence-corrected chi connectivity index (χ4v) is 0.947. The molecule has 0 radical (unpaired) electrons. The topological polar surface area (TPSA) is 116 Å². The summed E-state index contributed by atoms with van der Waals surface area (Å²) >= 11 is 0. The highest BCUT2D eigenvalue weighted by Gasteiger charge is 1.92. The summed E-state index contributed by atoms with van der Waals surface area (Å²) < 4.78 is 0. The summed E-state index contributed by atoms with van der Waals surface area (Å²) in [4.78, 5) is 8.31. The zero-order chi connectivity index (χ0) is 12.9. The van der Waals surface area contributed by atoms with Crippen LogP contribution in [0, 0.1) is 6.92 Å². The van der Waals surface area contributed by atoms with Gasteiger partial charge < -0.3 is 22.5 Å². The van der Waals surface area contributed by atoms with Crippen LogP contribution in [0.25, 0.3) is 0 Å². The molecule has 0 unspecified atom stereocenters. The summed E-state index contributed by atoms with van der Waals surface area (Å²) in [6.45, 7) is 5.57. The first-order valence-electron chi connectivity index (χ1n) is 5.83. The maximum absolute atomic E-state index is 5.32. The van der Waals surface area contributed by atoms with Crippen molar-refractivity contribution in [2.45, 2.75) is 19.9 Å². The van der Waals surface area contributed by atoms with Crippen molar-refractivity contribution in [3.05, 3.63) is 23.8 Å². The molecule has 0 aromatic carbocycles. The minimum Gasteiger partial charge on any atom is -0.330 e. The van der Waals surface area contributed by atoms with E-state index in [2.05, 4.69) is 15.3 Å². The number of nitrogens with one attached hydrogen (secondary N) is 1. The Kier molecular flexibility index (Phi) is 10.7. The summed E-state index contributed by atoms with van der Waals surface area (Å²) in [6, 6.07) is 0. The molecule has 6 heteroatoms. The molecule has 0 saturated heterocycles. The number of aryl methyl sites for hydroxylation is 1. The van der Waals surface area contributed by atoms with E-state index >= 15 is 0 Å². The summed E-state index contributed by atoms with van der Waals surface area (Å²) in [7, 11) is 0. The molecule has 0 spiro atoms. The van der Waals surface area contributed by atoms with Crippen molar-refractivity contribution in [2.24, 2.45) is 17.2 Å². The van der Waals surface area contributed by atoms with Crippen molar-refractivity contribution in [2.75, 3.05) is 26.2 Å². The van der Waals surface area contributed by atoms with Crippen LogP contribution in [-0.2, 0) is 6.54 Å². The Bertz CT molecular complexity index is 259. The lowest BCUT2D eigenvalue weighted by atomic mass is 10.4. The van der Waals surface area contributed by atoms with Gasteiger partial charge in [-0.05, 0) is 26.4 Å². The molecule has 7 N–H and O–H groups in total. The van der Waals surface area contributed by atoms with Crippen LogP contribution < -0.4 is 22.5 Å². The van der Waals surface area contributed by atoms with Gasteiger partial charge in [-0.3, -0.25) is 9.97 Å². The molecular weight excluding hydrogens is 216 g/mol. The maximum Gasteiger partial charge on any atom is 0.0724 e. The molecule has 1 aromatic rings. The maximum atomic E-state index is 5.32. The van der Waals surface area contributed by atoms with Crippen LogP contribution in [-0.4, -0.2) is 36.1 Å². The molecule has 0 bridgehead atoms. The Morgan fingerprint density at radius 3 is 2.18 bits per heavy atom. The van der Waals surface area contributed by atoms with E-state index in [1.807, 2.05) is 6.92 Å². The fourth-order valence-electron chi connectivity index (χ4n) is 0.947. The summed E-state index contributed by atoms with van der Waals surface area (Å²) in [5, 5.41) is 3.14. The normalized spacial score (nSPS) is 9.65. The fraction of sp³-hybridized carbons (Fsp3) is 0.636. The van der Waals surface area contributed by atoms with Crippen LogP contribution in [0.2, 0.25) is 0 Å². The molecular formula is C11H24N6. The predicted molar refractivity (Wildman–Crippen MR) is 70.3 cm³/mol. The van der Waals surface area contributed by atoms with E-state index in [4.69, 9.17) is 17.2 Å². The number of aromatic nitrogens is 2. The average molecular weight is 240 g/mol. The van der Waals surface area contributed by atoms with Crippen molar-refractivity contribution in [1.29, 1.82) is 0 Å². The molecule has 0 saturated carbocycles.